The summed E-state index contributed by atoms with van der Waals surface area (Å²) in [5.74, 6) is 0.451. The normalized spacial score (nSPS) is 21.8. The second kappa shape index (κ2) is 13.0. The first kappa shape index (κ1) is 29.7. The first-order chi connectivity index (χ1) is 19.6. The van der Waals surface area contributed by atoms with Crippen LogP contribution in [0.1, 0.15) is 69.9 Å². The highest BCUT2D eigenvalue weighted by Gasteiger charge is 2.27. The Morgan fingerprint density at radius 2 is 1.73 bits per heavy atom. The molecule has 0 radical (unpaired) electrons. The fraction of sp³-hybridized carbons (Fsp3) is 0.633. The minimum Gasteiger partial charge on any atom is -0.393 e. The number of halogens is 3. The summed E-state index contributed by atoms with van der Waals surface area (Å²) in [6, 6.07) is 8.66. The van der Waals surface area contributed by atoms with Gasteiger partial charge in [0.2, 0.25) is 5.95 Å². The Morgan fingerprint density at radius 3 is 2.41 bits per heavy atom. The van der Waals surface area contributed by atoms with Gasteiger partial charge in [-0.05, 0) is 58.1 Å². The molecule has 0 spiro atoms. The van der Waals surface area contributed by atoms with Crippen molar-refractivity contribution in [1.29, 1.82) is 0 Å². The van der Waals surface area contributed by atoms with Crippen molar-refractivity contribution in [3.63, 3.8) is 0 Å². The van der Waals surface area contributed by atoms with E-state index in [1.165, 1.54) is 5.56 Å². The van der Waals surface area contributed by atoms with Crippen LogP contribution in [0, 0.1) is 0 Å². The Labute approximate surface area is 239 Å². The topological polar surface area (TPSA) is 82.3 Å². The number of piperazine rings is 1. The Kier molecular flexibility index (Phi) is 9.45. The third kappa shape index (κ3) is 7.96. The number of benzene rings is 1. The van der Waals surface area contributed by atoms with E-state index in [1.807, 2.05) is 11.6 Å². The molecule has 1 saturated heterocycles. The van der Waals surface area contributed by atoms with Crippen molar-refractivity contribution in [2.75, 3.05) is 38.5 Å². The average Bonchev–Trinajstić information content (AvgIpc) is 3.31. The van der Waals surface area contributed by atoms with Crippen molar-refractivity contribution in [2.45, 2.75) is 89.2 Å². The van der Waals surface area contributed by atoms with Gasteiger partial charge in [0.25, 0.3) is 0 Å². The molecule has 2 fully saturated rings. The van der Waals surface area contributed by atoms with Crippen LogP contribution < -0.4 is 5.32 Å². The van der Waals surface area contributed by atoms with Crippen molar-refractivity contribution in [2.24, 2.45) is 0 Å². The second-order valence-corrected chi connectivity index (χ2v) is 11.9. The highest BCUT2D eigenvalue weighted by Crippen LogP contribution is 2.35. The first-order valence-electron chi connectivity index (χ1n) is 14.9. The summed E-state index contributed by atoms with van der Waals surface area (Å²) in [5.41, 5.74) is 3.86. The van der Waals surface area contributed by atoms with Crippen molar-refractivity contribution in [1.82, 2.24) is 29.5 Å². The van der Waals surface area contributed by atoms with Gasteiger partial charge in [0.1, 0.15) is 5.69 Å². The number of aliphatic hydroxyl groups excluding tert-OH is 1. The fourth-order valence-electron chi connectivity index (χ4n) is 5.86. The maximum absolute atomic E-state index is 12.5. The van der Waals surface area contributed by atoms with E-state index in [0.717, 1.165) is 80.7 Å². The maximum Gasteiger partial charge on any atom is 0.389 e. The molecule has 41 heavy (non-hydrogen) atoms. The first-order valence-corrected chi connectivity index (χ1v) is 14.9. The van der Waals surface area contributed by atoms with Gasteiger partial charge in [-0.2, -0.15) is 23.3 Å². The van der Waals surface area contributed by atoms with Gasteiger partial charge in [0.05, 0.1) is 17.5 Å². The number of anilines is 1. The number of alkyl halides is 3. The molecule has 2 N–H and O–H groups in total. The number of rotatable bonds is 10. The molecular formula is C30H42F3N7O. The van der Waals surface area contributed by atoms with Crippen LogP contribution >= 0.6 is 0 Å². The Bertz CT molecular complexity index is 1260. The molecule has 2 aliphatic rings. The second-order valence-electron chi connectivity index (χ2n) is 11.9. The Morgan fingerprint density at radius 1 is 1.02 bits per heavy atom. The van der Waals surface area contributed by atoms with Crippen LogP contribution in [0.2, 0.25) is 0 Å². The summed E-state index contributed by atoms with van der Waals surface area (Å²) >= 11 is 0. The van der Waals surface area contributed by atoms with Crippen LogP contribution in [0.15, 0.2) is 30.5 Å². The number of likely N-dealkylation sites (N-methyl/N-ethyl adjacent to an activating group) is 1. The lowest BCUT2D eigenvalue weighted by Gasteiger charge is -2.32. The van der Waals surface area contributed by atoms with Gasteiger partial charge in [-0.1, -0.05) is 30.7 Å². The van der Waals surface area contributed by atoms with E-state index in [2.05, 4.69) is 51.4 Å². The monoisotopic (exact) mass is 573 g/mol. The van der Waals surface area contributed by atoms with Gasteiger partial charge in [0.15, 0.2) is 5.65 Å². The van der Waals surface area contributed by atoms with E-state index in [4.69, 9.17) is 10.1 Å². The van der Waals surface area contributed by atoms with E-state index >= 15 is 0 Å². The summed E-state index contributed by atoms with van der Waals surface area (Å²) in [6.07, 6.45) is 0.969. The van der Waals surface area contributed by atoms with E-state index in [-0.39, 0.29) is 24.6 Å². The molecule has 5 rings (SSSR count). The van der Waals surface area contributed by atoms with Crippen LogP contribution in [0.5, 0.6) is 0 Å². The van der Waals surface area contributed by atoms with Crippen LogP contribution in [0.25, 0.3) is 22.3 Å². The van der Waals surface area contributed by atoms with Crippen molar-refractivity contribution < 1.29 is 18.3 Å². The molecule has 0 amide bonds. The number of hydrogen-bond acceptors (Lipinski definition) is 7. The van der Waals surface area contributed by atoms with Crippen molar-refractivity contribution >= 4 is 17.0 Å². The largest absolute Gasteiger partial charge is 0.393 e. The maximum atomic E-state index is 12.5. The van der Waals surface area contributed by atoms with Gasteiger partial charge in [-0.3, -0.25) is 4.90 Å². The molecule has 2 aromatic heterocycles. The average molecular weight is 574 g/mol. The van der Waals surface area contributed by atoms with Gasteiger partial charge < -0.3 is 15.3 Å². The Balaban J connectivity index is 1.34. The molecule has 0 bridgehead atoms. The number of nitrogens with one attached hydrogen (secondary N) is 1. The standard InChI is InChI=1S/C30H42F3N7O/c1-21(5-3-4-14-30(31,32)33)35-29-34-19-26-27(37-40(28(26)36-29)24-10-12-25(41)13-11-24)23-8-6-22(7-9-23)20-39-17-15-38(2)16-18-39/h6-9,19,21,24-25,41H,3-5,10-18,20H2,1-2H3,(H,34,35,36)/t21-,24?,25?/m1/s1. The smallest absolute Gasteiger partial charge is 0.389 e. The zero-order chi connectivity index (χ0) is 29.0. The summed E-state index contributed by atoms with van der Waals surface area (Å²) in [7, 11) is 2.16. The lowest BCUT2D eigenvalue weighted by atomic mass is 9.93. The third-order valence-electron chi connectivity index (χ3n) is 8.41. The van der Waals surface area contributed by atoms with Crippen molar-refractivity contribution in [3.05, 3.63) is 36.0 Å². The highest BCUT2D eigenvalue weighted by molar-refractivity contribution is 5.91. The quantitative estimate of drug-likeness (QED) is 0.304. The van der Waals surface area contributed by atoms with E-state index in [0.29, 0.717) is 18.8 Å². The Hall–Kier alpha value is -2.76. The summed E-state index contributed by atoms with van der Waals surface area (Å²) in [4.78, 5) is 14.3. The molecule has 224 valence electrons. The van der Waals surface area contributed by atoms with Crippen LogP contribution in [-0.2, 0) is 6.54 Å². The summed E-state index contributed by atoms with van der Waals surface area (Å²) < 4.78 is 39.4. The predicted molar refractivity (Wildman–Crippen MR) is 155 cm³/mol. The minimum absolute atomic E-state index is 0.0609. The lowest BCUT2D eigenvalue weighted by molar-refractivity contribution is -0.135. The van der Waals surface area contributed by atoms with Crippen molar-refractivity contribution in [3.8, 4) is 11.3 Å². The fourth-order valence-corrected chi connectivity index (χ4v) is 5.86. The predicted octanol–water partition coefficient (Wildman–Crippen LogP) is 5.64. The number of fused-ring (bicyclic) bond motifs is 1. The molecular weight excluding hydrogens is 531 g/mol. The number of hydrogen-bond donors (Lipinski definition) is 2. The van der Waals surface area contributed by atoms with Crippen LogP contribution in [0.3, 0.4) is 0 Å². The molecule has 8 nitrogen and oxygen atoms in total. The number of aromatic nitrogens is 4. The van der Waals surface area contributed by atoms with E-state index < -0.39 is 12.6 Å². The highest BCUT2D eigenvalue weighted by atomic mass is 19.4. The molecule has 3 aromatic rings. The molecule has 11 heteroatoms. The zero-order valence-electron chi connectivity index (χ0n) is 24.1. The molecule has 1 atom stereocenters. The van der Waals surface area contributed by atoms with Crippen LogP contribution in [0.4, 0.5) is 19.1 Å². The van der Waals surface area contributed by atoms with E-state index in [1.54, 1.807) is 6.20 Å². The summed E-state index contributed by atoms with van der Waals surface area (Å²) in [5, 5.41) is 19.3. The molecule has 1 saturated carbocycles. The summed E-state index contributed by atoms with van der Waals surface area (Å²) in [6.45, 7) is 7.20. The third-order valence-corrected chi connectivity index (χ3v) is 8.41. The van der Waals surface area contributed by atoms with Gasteiger partial charge in [-0.25, -0.2) is 9.67 Å². The molecule has 1 aromatic carbocycles. The van der Waals surface area contributed by atoms with Gasteiger partial charge >= 0.3 is 6.18 Å². The molecule has 1 aliphatic heterocycles. The van der Waals surface area contributed by atoms with Gasteiger partial charge in [-0.15, -0.1) is 0 Å². The van der Waals surface area contributed by atoms with E-state index in [9.17, 15) is 18.3 Å². The van der Waals surface area contributed by atoms with Crippen LogP contribution in [-0.4, -0.2) is 86.2 Å². The number of nitrogens with zero attached hydrogens (tertiary/aromatic N) is 6. The SMILES string of the molecule is C[C@H](CCCCC(F)(F)F)Nc1ncc2c(-c3ccc(CN4CCN(C)CC4)cc3)nn(C3CCC(O)CC3)c2n1. The number of unbranched alkanes of at least 4 members (excludes halogenated alkanes) is 1. The molecule has 3 heterocycles. The molecule has 0 unspecified atom stereocenters. The number of aliphatic hydroxyl groups is 1. The molecule has 1 aliphatic carbocycles. The minimum atomic E-state index is -4.11. The lowest BCUT2D eigenvalue weighted by Crippen LogP contribution is -2.43. The zero-order valence-corrected chi connectivity index (χ0v) is 24.1. The van der Waals surface area contributed by atoms with Gasteiger partial charge in [0, 0.05) is 56.9 Å².